The predicted octanol–water partition coefficient (Wildman–Crippen LogP) is 4.21. The second-order valence-electron chi connectivity index (χ2n) is 5.01. The van der Waals surface area contributed by atoms with Gasteiger partial charge in [-0.3, -0.25) is 4.79 Å². The maximum atomic E-state index is 13.9. The molecule has 2 rings (SSSR count). The van der Waals surface area contributed by atoms with Gasteiger partial charge in [0.15, 0.2) is 0 Å². The zero-order chi connectivity index (χ0) is 15.4. The summed E-state index contributed by atoms with van der Waals surface area (Å²) in [6.45, 7) is 4.07. The molecule has 0 aliphatic rings. The van der Waals surface area contributed by atoms with E-state index in [-0.39, 0.29) is 17.2 Å². The lowest BCUT2D eigenvalue weighted by Gasteiger charge is -2.15. The van der Waals surface area contributed by atoms with E-state index in [4.69, 9.17) is 4.74 Å². The van der Waals surface area contributed by atoms with E-state index in [2.05, 4.69) is 5.32 Å². The van der Waals surface area contributed by atoms with Crippen LogP contribution in [-0.4, -0.2) is 13.0 Å². The Morgan fingerprint density at radius 3 is 2.52 bits per heavy atom. The molecule has 2 aromatic rings. The summed E-state index contributed by atoms with van der Waals surface area (Å²) in [5, 5.41) is 2.76. The van der Waals surface area contributed by atoms with Crippen LogP contribution in [0.4, 0.5) is 10.1 Å². The Kier molecular flexibility index (Phi) is 4.58. The average molecular weight is 287 g/mol. The minimum absolute atomic E-state index is 0.0847. The normalized spacial score (nSPS) is 10.5. The first-order chi connectivity index (χ1) is 10.0. The number of carbonyl (C=O) groups excluding carboxylic acids is 1. The van der Waals surface area contributed by atoms with E-state index >= 15 is 0 Å². The zero-order valence-electron chi connectivity index (χ0n) is 12.3. The van der Waals surface area contributed by atoms with Crippen molar-refractivity contribution in [3.8, 4) is 5.75 Å². The summed E-state index contributed by atoms with van der Waals surface area (Å²) in [4.78, 5) is 12.4. The molecule has 4 heteroatoms. The van der Waals surface area contributed by atoms with Crippen LogP contribution in [0, 0.1) is 5.82 Å². The topological polar surface area (TPSA) is 38.3 Å². The van der Waals surface area contributed by atoms with Crippen molar-refractivity contribution in [2.45, 2.75) is 19.8 Å². The van der Waals surface area contributed by atoms with Crippen molar-refractivity contribution in [2.75, 3.05) is 12.4 Å². The molecule has 0 aliphatic carbocycles. The van der Waals surface area contributed by atoms with Gasteiger partial charge in [0.1, 0.15) is 17.1 Å². The molecule has 110 valence electrons. The number of hydrogen-bond acceptors (Lipinski definition) is 2. The fraction of sp³-hybridized carbons (Fsp3) is 0.235. The van der Waals surface area contributed by atoms with Gasteiger partial charge in [-0.2, -0.15) is 0 Å². The third-order valence-electron chi connectivity index (χ3n) is 3.25. The smallest absolute Gasteiger partial charge is 0.262 e. The van der Waals surface area contributed by atoms with Crippen LogP contribution in [0.3, 0.4) is 0 Å². The Morgan fingerprint density at radius 2 is 1.86 bits per heavy atom. The van der Waals surface area contributed by atoms with Crippen LogP contribution in [-0.2, 0) is 0 Å². The number of methoxy groups -OCH3 is 1. The van der Waals surface area contributed by atoms with Crippen LogP contribution in [0.1, 0.15) is 35.7 Å². The Morgan fingerprint density at radius 1 is 1.14 bits per heavy atom. The number of rotatable bonds is 4. The standard InChI is InChI=1S/C17H18FNO2/c1-11(2)12-7-4-5-9-14(12)19-17(20)16-13(18)8-6-10-15(16)21-3/h4-11H,1-3H3,(H,19,20). The highest BCUT2D eigenvalue weighted by molar-refractivity contribution is 6.06. The molecule has 0 radical (unpaired) electrons. The fourth-order valence-corrected chi connectivity index (χ4v) is 2.19. The van der Waals surface area contributed by atoms with Gasteiger partial charge in [0.25, 0.3) is 5.91 Å². The van der Waals surface area contributed by atoms with Crippen molar-refractivity contribution in [1.82, 2.24) is 0 Å². The monoisotopic (exact) mass is 287 g/mol. The number of nitrogens with one attached hydrogen (secondary N) is 1. The molecule has 0 fully saturated rings. The van der Waals surface area contributed by atoms with Gasteiger partial charge in [-0.05, 0) is 29.7 Å². The Labute approximate surface area is 123 Å². The van der Waals surface area contributed by atoms with Crippen molar-refractivity contribution < 1.29 is 13.9 Å². The highest BCUT2D eigenvalue weighted by atomic mass is 19.1. The van der Waals surface area contributed by atoms with E-state index < -0.39 is 11.7 Å². The average Bonchev–Trinajstić information content (AvgIpc) is 2.47. The number of benzene rings is 2. The minimum Gasteiger partial charge on any atom is -0.496 e. The van der Waals surface area contributed by atoms with E-state index in [0.717, 1.165) is 5.56 Å². The second-order valence-corrected chi connectivity index (χ2v) is 5.01. The third-order valence-corrected chi connectivity index (χ3v) is 3.25. The predicted molar refractivity (Wildman–Crippen MR) is 81.4 cm³/mol. The molecule has 0 spiro atoms. The molecule has 0 saturated carbocycles. The minimum atomic E-state index is -0.603. The molecule has 0 atom stereocenters. The van der Waals surface area contributed by atoms with E-state index in [9.17, 15) is 9.18 Å². The molecule has 0 heterocycles. The molecule has 0 saturated heterocycles. The lowest BCUT2D eigenvalue weighted by atomic mass is 10.0. The number of carbonyl (C=O) groups is 1. The summed E-state index contributed by atoms with van der Waals surface area (Å²) in [7, 11) is 1.41. The van der Waals surface area contributed by atoms with Gasteiger partial charge >= 0.3 is 0 Å². The first-order valence-corrected chi connectivity index (χ1v) is 6.77. The Balaban J connectivity index is 2.35. The molecule has 0 bridgehead atoms. The maximum absolute atomic E-state index is 13.9. The molecule has 0 unspecified atom stereocenters. The molecule has 1 N–H and O–H groups in total. The second kappa shape index (κ2) is 6.39. The summed E-state index contributed by atoms with van der Waals surface area (Å²) < 4.78 is 19.0. The van der Waals surface area contributed by atoms with Crippen LogP contribution in [0.25, 0.3) is 0 Å². The number of para-hydroxylation sites is 1. The first kappa shape index (κ1) is 15.0. The van der Waals surface area contributed by atoms with Crippen molar-refractivity contribution in [1.29, 1.82) is 0 Å². The lowest BCUT2D eigenvalue weighted by Crippen LogP contribution is -2.16. The van der Waals surface area contributed by atoms with Crippen LogP contribution in [0.5, 0.6) is 5.75 Å². The molecule has 0 aliphatic heterocycles. The SMILES string of the molecule is COc1cccc(F)c1C(=O)Nc1ccccc1C(C)C. The van der Waals surface area contributed by atoms with Crippen molar-refractivity contribution >= 4 is 11.6 Å². The lowest BCUT2D eigenvalue weighted by molar-refractivity contribution is 0.102. The molecule has 1 amide bonds. The zero-order valence-corrected chi connectivity index (χ0v) is 12.3. The van der Waals surface area contributed by atoms with E-state index in [0.29, 0.717) is 5.69 Å². The van der Waals surface area contributed by atoms with Gasteiger partial charge in [-0.25, -0.2) is 4.39 Å². The summed E-state index contributed by atoms with van der Waals surface area (Å²) in [5.74, 6) is -0.648. The molecule has 0 aromatic heterocycles. The van der Waals surface area contributed by atoms with Gasteiger partial charge < -0.3 is 10.1 Å². The van der Waals surface area contributed by atoms with E-state index in [1.54, 1.807) is 12.1 Å². The van der Waals surface area contributed by atoms with Crippen LogP contribution in [0.15, 0.2) is 42.5 Å². The third kappa shape index (κ3) is 3.21. The van der Waals surface area contributed by atoms with E-state index in [1.165, 1.54) is 19.2 Å². The Bertz CT molecular complexity index is 653. The number of amides is 1. The molecular formula is C17H18FNO2. The fourth-order valence-electron chi connectivity index (χ4n) is 2.19. The largest absolute Gasteiger partial charge is 0.496 e. The van der Waals surface area contributed by atoms with Crippen LogP contribution < -0.4 is 10.1 Å². The quantitative estimate of drug-likeness (QED) is 0.914. The summed E-state index contributed by atoms with van der Waals surface area (Å²) in [5.41, 5.74) is 1.60. The molecule has 3 nitrogen and oxygen atoms in total. The summed E-state index contributed by atoms with van der Waals surface area (Å²) in [6.07, 6.45) is 0. The first-order valence-electron chi connectivity index (χ1n) is 6.77. The number of ether oxygens (including phenoxy) is 1. The number of hydrogen-bond donors (Lipinski definition) is 1. The van der Waals surface area contributed by atoms with Crippen molar-refractivity contribution in [3.05, 3.63) is 59.4 Å². The van der Waals surface area contributed by atoms with E-state index in [1.807, 2.05) is 32.0 Å². The summed E-state index contributed by atoms with van der Waals surface area (Å²) in [6, 6.07) is 11.8. The molecular weight excluding hydrogens is 269 g/mol. The highest BCUT2D eigenvalue weighted by Crippen LogP contribution is 2.26. The van der Waals surface area contributed by atoms with Crippen molar-refractivity contribution in [2.24, 2.45) is 0 Å². The summed E-state index contributed by atoms with van der Waals surface area (Å²) >= 11 is 0. The molecule has 21 heavy (non-hydrogen) atoms. The number of halogens is 1. The van der Waals surface area contributed by atoms with Gasteiger partial charge in [0, 0.05) is 5.69 Å². The Hall–Kier alpha value is -2.36. The maximum Gasteiger partial charge on any atom is 0.262 e. The number of anilines is 1. The van der Waals surface area contributed by atoms with Gasteiger partial charge in [-0.1, -0.05) is 38.1 Å². The molecule has 2 aromatic carbocycles. The van der Waals surface area contributed by atoms with Crippen molar-refractivity contribution in [3.63, 3.8) is 0 Å². The van der Waals surface area contributed by atoms with Gasteiger partial charge in [-0.15, -0.1) is 0 Å². The van der Waals surface area contributed by atoms with Crippen LogP contribution in [0.2, 0.25) is 0 Å². The van der Waals surface area contributed by atoms with Gasteiger partial charge in [0.2, 0.25) is 0 Å². The highest BCUT2D eigenvalue weighted by Gasteiger charge is 2.18. The van der Waals surface area contributed by atoms with Gasteiger partial charge in [0.05, 0.1) is 7.11 Å². The van der Waals surface area contributed by atoms with Crippen LogP contribution >= 0.6 is 0 Å².